The van der Waals surface area contributed by atoms with Crippen molar-refractivity contribution < 1.29 is 19.1 Å². The zero-order chi connectivity index (χ0) is 29.6. The van der Waals surface area contributed by atoms with E-state index in [0.29, 0.717) is 61.9 Å². The summed E-state index contributed by atoms with van der Waals surface area (Å²) in [5, 5.41) is 3.68. The number of nitrogen functional groups attached to an aromatic ring is 1. The fourth-order valence-electron chi connectivity index (χ4n) is 5.93. The van der Waals surface area contributed by atoms with E-state index in [1.807, 2.05) is 30.3 Å². The highest BCUT2D eigenvalue weighted by atomic mass is 32.1. The molecule has 214 valence electrons. The Kier molecular flexibility index (Phi) is 7.05. The summed E-state index contributed by atoms with van der Waals surface area (Å²) in [5.41, 5.74) is 20.4. The molecule has 0 spiro atoms. The van der Waals surface area contributed by atoms with Crippen LogP contribution in [0.25, 0.3) is 10.1 Å². The van der Waals surface area contributed by atoms with Gasteiger partial charge < -0.3 is 32.2 Å². The number of para-hydroxylation sites is 1. The van der Waals surface area contributed by atoms with Gasteiger partial charge >= 0.3 is 0 Å². The number of nitrogens with one attached hydrogen (secondary N) is 1. The van der Waals surface area contributed by atoms with Crippen molar-refractivity contribution in [3.8, 4) is 11.5 Å². The molecule has 1 saturated heterocycles. The number of Topliss-reactive ketones (excluding diaryl/α,β-unsaturated/α-hetero) is 1. The molecule has 6 rings (SSSR count). The van der Waals surface area contributed by atoms with Crippen molar-refractivity contribution in [2.24, 2.45) is 11.5 Å². The predicted octanol–water partition coefficient (Wildman–Crippen LogP) is 3.97. The van der Waals surface area contributed by atoms with Crippen LogP contribution in [0.2, 0.25) is 0 Å². The number of thiophene rings is 1. The minimum atomic E-state index is -1.56. The summed E-state index contributed by atoms with van der Waals surface area (Å²) in [6.07, 6.45) is 2.75. The van der Waals surface area contributed by atoms with Crippen LogP contribution in [0, 0.1) is 0 Å². The molecule has 1 aliphatic heterocycles. The molecule has 3 unspecified atom stereocenters. The van der Waals surface area contributed by atoms with Crippen LogP contribution in [0.1, 0.15) is 45.2 Å². The molecule has 0 saturated carbocycles. The molecule has 0 radical (unpaired) electrons. The molecule has 3 atom stereocenters. The van der Waals surface area contributed by atoms with Crippen molar-refractivity contribution in [3.63, 3.8) is 0 Å². The lowest BCUT2D eigenvalue weighted by atomic mass is 9.70. The first kappa shape index (κ1) is 27.6. The van der Waals surface area contributed by atoms with E-state index in [-0.39, 0.29) is 17.9 Å². The Balaban J connectivity index is 1.36. The fraction of sp³-hybridized carbons (Fsp3) is 0.219. The highest BCUT2D eigenvalue weighted by Crippen LogP contribution is 2.49. The summed E-state index contributed by atoms with van der Waals surface area (Å²) >= 11 is 1.20. The van der Waals surface area contributed by atoms with Crippen LogP contribution in [-0.2, 0) is 15.1 Å². The second-order valence-electron chi connectivity index (χ2n) is 10.6. The van der Waals surface area contributed by atoms with Crippen LogP contribution < -0.4 is 27.3 Å². The van der Waals surface area contributed by atoms with Crippen LogP contribution in [0.4, 0.5) is 5.69 Å². The molecule has 1 fully saturated rings. The Morgan fingerprint density at radius 3 is 2.50 bits per heavy atom. The average molecular weight is 582 g/mol. The van der Waals surface area contributed by atoms with Crippen molar-refractivity contribution in [2.45, 2.75) is 30.5 Å². The number of hydrogen-bond donors (Lipinski definition) is 4. The summed E-state index contributed by atoms with van der Waals surface area (Å²) < 4.78 is 6.57. The number of nitrogens with two attached hydrogens (primary N) is 3. The summed E-state index contributed by atoms with van der Waals surface area (Å²) in [6, 6.07) is 18.5. The number of likely N-dealkylation sites (tertiary alicyclic amines) is 1. The number of carbonyl (C=O) groups is 3. The number of benzene rings is 3. The van der Waals surface area contributed by atoms with Crippen molar-refractivity contribution in [1.29, 1.82) is 0 Å². The summed E-state index contributed by atoms with van der Waals surface area (Å²) in [6.45, 7) is 4.55. The zero-order valence-corrected chi connectivity index (χ0v) is 23.7. The number of carbonyl (C=O) groups excluding carboxylic acids is 3. The number of amides is 2. The Hall–Kier alpha value is -4.51. The number of piperidine rings is 1. The van der Waals surface area contributed by atoms with Gasteiger partial charge in [0.25, 0.3) is 5.91 Å². The van der Waals surface area contributed by atoms with Crippen LogP contribution in [0.3, 0.4) is 0 Å². The molecule has 42 heavy (non-hydrogen) atoms. The second-order valence-corrected chi connectivity index (χ2v) is 11.7. The first-order chi connectivity index (χ1) is 20.2. The summed E-state index contributed by atoms with van der Waals surface area (Å²) in [4.78, 5) is 41.8. The molecule has 10 heteroatoms. The fourth-order valence-corrected chi connectivity index (χ4v) is 7.14. The van der Waals surface area contributed by atoms with Crippen molar-refractivity contribution in [3.05, 3.63) is 101 Å². The molecule has 2 aliphatic rings. The van der Waals surface area contributed by atoms with Gasteiger partial charge in [-0.15, -0.1) is 11.3 Å². The quantitative estimate of drug-likeness (QED) is 0.198. The number of ketones is 1. The van der Waals surface area contributed by atoms with Crippen LogP contribution in [0.15, 0.2) is 79.4 Å². The van der Waals surface area contributed by atoms with Gasteiger partial charge in [0.15, 0.2) is 5.78 Å². The maximum Gasteiger partial charge on any atom is 0.262 e. The first-order valence-electron chi connectivity index (χ1n) is 13.7. The van der Waals surface area contributed by atoms with E-state index < -0.39 is 17.4 Å². The van der Waals surface area contributed by atoms with Gasteiger partial charge in [-0.1, -0.05) is 43.0 Å². The highest BCUT2D eigenvalue weighted by Gasteiger charge is 2.48. The van der Waals surface area contributed by atoms with Crippen molar-refractivity contribution in [2.75, 3.05) is 18.8 Å². The second kappa shape index (κ2) is 10.7. The van der Waals surface area contributed by atoms with E-state index in [4.69, 9.17) is 21.9 Å². The number of hydrogen-bond acceptors (Lipinski definition) is 8. The first-order valence-corrected chi connectivity index (χ1v) is 14.5. The Bertz CT molecular complexity index is 1720. The predicted molar refractivity (Wildman–Crippen MR) is 163 cm³/mol. The molecule has 9 nitrogen and oxygen atoms in total. The molecule has 0 bridgehead atoms. The molecular weight excluding hydrogens is 550 g/mol. The smallest absolute Gasteiger partial charge is 0.262 e. The third kappa shape index (κ3) is 4.53. The number of ether oxygens (including phenoxy) is 1. The van der Waals surface area contributed by atoms with Gasteiger partial charge in [-0.25, -0.2) is 0 Å². The molecule has 3 aromatic carbocycles. The van der Waals surface area contributed by atoms with E-state index in [0.717, 1.165) is 12.8 Å². The summed E-state index contributed by atoms with van der Waals surface area (Å²) in [7, 11) is 0. The molecule has 1 aromatic heterocycles. The van der Waals surface area contributed by atoms with Crippen molar-refractivity contribution in [1.82, 2.24) is 10.2 Å². The third-order valence-corrected chi connectivity index (χ3v) is 9.30. The van der Waals surface area contributed by atoms with Gasteiger partial charge in [0.05, 0.1) is 15.6 Å². The third-order valence-electron chi connectivity index (χ3n) is 8.05. The van der Waals surface area contributed by atoms with E-state index in [2.05, 4.69) is 11.9 Å². The standard InChI is InChI=1S/C32H31N5O4S/c1-2-24(38)37-16-6-7-19(17-37)36-31(40)29-26-25-22(14-15-23(33)28(25)42-29)32(35,30(39)27(26)34)18-10-12-21(13-11-18)41-20-8-4-3-5-9-20/h2-5,8-15,19,27H,1,6-7,16-17,33-35H2,(H,36,40). The Morgan fingerprint density at radius 1 is 1.07 bits per heavy atom. The minimum Gasteiger partial charge on any atom is -0.457 e. The minimum absolute atomic E-state index is 0.171. The topological polar surface area (TPSA) is 154 Å². The molecule has 2 amide bonds. The van der Waals surface area contributed by atoms with Crippen LogP contribution >= 0.6 is 11.3 Å². The molecule has 7 N–H and O–H groups in total. The highest BCUT2D eigenvalue weighted by molar-refractivity contribution is 7.21. The lowest BCUT2D eigenvalue weighted by Gasteiger charge is -2.36. The molecule has 4 aromatic rings. The van der Waals surface area contributed by atoms with Gasteiger partial charge in [-0.05, 0) is 60.4 Å². The largest absolute Gasteiger partial charge is 0.457 e. The summed E-state index contributed by atoms with van der Waals surface area (Å²) in [5.74, 6) is 0.325. The van der Waals surface area contributed by atoms with E-state index in [1.165, 1.54) is 17.4 Å². The normalized spacial score (nSPS) is 21.7. The van der Waals surface area contributed by atoms with E-state index in [9.17, 15) is 14.4 Å². The zero-order valence-electron chi connectivity index (χ0n) is 22.8. The maximum atomic E-state index is 14.0. The molecular formula is C32H31N5O4S. The van der Waals surface area contributed by atoms with Gasteiger partial charge in [0.1, 0.15) is 17.0 Å². The Labute approximate surface area is 246 Å². The number of rotatable bonds is 6. The van der Waals surface area contributed by atoms with E-state index >= 15 is 0 Å². The van der Waals surface area contributed by atoms with E-state index in [1.54, 1.807) is 41.3 Å². The van der Waals surface area contributed by atoms with Gasteiger partial charge in [0, 0.05) is 35.8 Å². The number of nitrogens with zero attached hydrogens (tertiary/aromatic N) is 1. The maximum absolute atomic E-state index is 14.0. The van der Waals surface area contributed by atoms with Gasteiger partial charge in [-0.3, -0.25) is 14.4 Å². The van der Waals surface area contributed by atoms with Crippen molar-refractivity contribution >= 4 is 44.7 Å². The SMILES string of the molecule is C=CC(=O)N1CCCC(NC(=O)c2sc3c(N)ccc4c3c2C(N)C(=O)C4(N)c2ccc(Oc3ccccc3)cc2)C1. The van der Waals surface area contributed by atoms with Gasteiger partial charge in [0.2, 0.25) is 5.91 Å². The van der Waals surface area contributed by atoms with Gasteiger partial charge in [-0.2, -0.15) is 0 Å². The lowest BCUT2D eigenvalue weighted by Crippen LogP contribution is -2.53. The lowest BCUT2D eigenvalue weighted by molar-refractivity contribution is -0.127. The average Bonchev–Trinajstić information content (AvgIpc) is 3.42. The van der Waals surface area contributed by atoms with Crippen LogP contribution in [0.5, 0.6) is 11.5 Å². The monoisotopic (exact) mass is 581 g/mol. The molecule has 2 heterocycles. The Morgan fingerprint density at radius 2 is 1.79 bits per heavy atom. The number of anilines is 1. The van der Waals surface area contributed by atoms with Crippen LogP contribution in [-0.4, -0.2) is 41.6 Å². The molecule has 1 aliphatic carbocycles.